The lowest BCUT2D eigenvalue weighted by Crippen LogP contribution is -2.25. The minimum Gasteiger partial charge on any atom is -0.331 e. The van der Waals surface area contributed by atoms with Crippen LogP contribution in [0.15, 0.2) is 0 Å². The molecule has 0 atom stereocenters. The molecule has 0 saturated heterocycles. The first-order valence-electron chi connectivity index (χ1n) is 8.22. The Hall–Kier alpha value is -0.830. The van der Waals surface area contributed by atoms with E-state index in [0.717, 1.165) is 31.3 Å². The molecule has 0 bridgehead atoms. The molecule has 2 heterocycles. The summed E-state index contributed by atoms with van der Waals surface area (Å²) in [6.45, 7) is 13.0. The lowest BCUT2D eigenvalue weighted by atomic mass is 10.0. The van der Waals surface area contributed by atoms with E-state index in [1.54, 1.807) is 0 Å². The number of fused-ring (bicyclic) bond motifs is 1. The van der Waals surface area contributed by atoms with Crippen molar-refractivity contribution in [3.63, 3.8) is 0 Å². The van der Waals surface area contributed by atoms with Crippen LogP contribution in [-0.2, 0) is 19.5 Å². The van der Waals surface area contributed by atoms with Gasteiger partial charge in [0.2, 0.25) is 0 Å². The van der Waals surface area contributed by atoms with E-state index >= 15 is 0 Å². The summed E-state index contributed by atoms with van der Waals surface area (Å²) in [6, 6.07) is 0. The first-order chi connectivity index (χ1) is 9.43. The van der Waals surface area contributed by atoms with Crippen molar-refractivity contribution in [1.29, 1.82) is 0 Å². The number of nitrogens with one attached hydrogen (secondary N) is 1. The van der Waals surface area contributed by atoms with Crippen LogP contribution in [0.4, 0.5) is 0 Å². The number of imidazole rings is 1. The van der Waals surface area contributed by atoms with Crippen LogP contribution < -0.4 is 5.32 Å². The topological polar surface area (TPSA) is 29.9 Å². The van der Waals surface area contributed by atoms with Gasteiger partial charge in [-0.15, -0.1) is 0 Å². The van der Waals surface area contributed by atoms with E-state index in [-0.39, 0.29) is 0 Å². The summed E-state index contributed by atoms with van der Waals surface area (Å²) in [6.07, 6.45) is 3.85. The Bertz CT molecular complexity index is 535. The molecule has 20 heavy (non-hydrogen) atoms. The van der Waals surface area contributed by atoms with Crippen molar-refractivity contribution < 1.29 is 0 Å². The molecule has 3 aliphatic rings. The van der Waals surface area contributed by atoms with E-state index in [1.807, 2.05) is 0 Å². The molecule has 3 heteroatoms. The van der Waals surface area contributed by atoms with Crippen LogP contribution in [0.2, 0.25) is 0 Å². The molecule has 0 aromatic carbocycles. The van der Waals surface area contributed by atoms with Gasteiger partial charge >= 0.3 is 0 Å². The fraction of sp³-hybridized carbons (Fsp3) is 0.824. The molecule has 0 spiro atoms. The summed E-state index contributed by atoms with van der Waals surface area (Å²) in [5.74, 6) is 2.95. The summed E-state index contributed by atoms with van der Waals surface area (Å²) in [5.41, 5.74) is 3.80. The third-order valence-corrected chi connectivity index (χ3v) is 6.64. The van der Waals surface area contributed by atoms with E-state index in [0.29, 0.717) is 10.8 Å². The Morgan fingerprint density at radius 3 is 2.50 bits per heavy atom. The average molecular weight is 273 g/mol. The van der Waals surface area contributed by atoms with Crippen molar-refractivity contribution in [1.82, 2.24) is 14.9 Å². The van der Waals surface area contributed by atoms with Gasteiger partial charge in [0, 0.05) is 37.7 Å². The largest absolute Gasteiger partial charge is 0.331 e. The smallest absolute Gasteiger partial charge is 0.112 e. The number of aromatic nitrogens is 2. The quantitative estimate of drug-likeness (QED) is 0.917. The molecular formula is C17H27N3. The highest BCUT2D eigenvalue weighted by Crippen LogP contribution is 2.69. The summed E-state index contributed by atoms with van der Waals surface area (Å²) in [5, 5.41) is 3.47. The van der Waals surface area contributed by atoms with Gasteiger partial charge in [-0.05, 0) is 29.6 Å². The zero-order valence-corrected chi connectivity index (χ0v) is 13.3. The normalized spacial score (nSPS) is 27.4. The molecule has 2 saturated carbocycles. The molecule has 1 aromatic rings. The van der Waals surface area contributed by atoms with E-state index in [2.05, 4.69) is 37.6 Å². The Balaban J connectivity index is 1.69. The van der Waals surface area contributed by atoms with Gasteiger partial charge in [0.15, 0.2) is 0 Å². The minimum absolute atomic E-state index is 0.470. The molecule has 1 aliphatic heterocycles. The second-order valence-electron chi connectivity index (χ2n) is 8.17. The van der Waals surface area contributed by atoms with Crippen molar-refractivity contribution in [2.45, 2.75) is 66.0 Å². The molecule has 2 aliphatic carbocycles. The standard InChI is InChI=1S/C17H27N3/c1-16(2)14(17(16,3)4)10-20-13-7-8-18-9-12(13)19-15(20)11-5-6-11/h11,14,18H,5-10H2,1-4H3. The van der Waals surface area contributed by atoms with Crippen LogP contribution in [0, 0.1) is 16.7 Å². The highest BCUT2D eigenvalue weighted by molar-refractivity contribution is 5.25. The predicted octanol–water partition coefficient (Wildman–Crippen LogP) is 3.09. The summed E-state index contributed by atoms with van der Waals surface area (Å²) in [7, 11) is 0. The van der Waals surface area contributed by atoms with Gasteiger partial charge in [-0.1, -0.05) is 27.7 Å². The van der Waals surface area contributed by atoms with Crippen LogP contribution >= 0.6 is 0 Å². The van der Waals surface area contributed by atoms with Crippen molar-refractivity contribution in [3.05, 3.63) is 17.2 Å². The molecule has 0 radical (unpaired) electrons. The van der Waals surface area contributed by atoms with Gasteiger partial charge in [-0.3, -0.25) is 0 Å². The third kappa shape index (κ3) is 1.65. The molecular weight excluding hydrogens is 246 g/mol. The number of hydrogen-bond acceptors (Lipinski definition) is 2. The van der Waals surface area contributed by atoms with Gasteiger partial charge in [-0.25, -0.2) is 4.98 Å². The maximum absolute atomic E-state index is 4.99. The highest BCUT2D eigenvalue weighted by atomic mass is 15.1. The van der Waals surface area contributed by atoms with Gasteiger partial charge < -0.3 is 9.88 Å². The van der Waals surface area contributed by atoms with Crippen molar-refractivity contribution >= 4 is 0 Å². The zero-order chi connectivity index (χ0) is 14.1. The van der Waals surface area contributed by atoms with Gasteiger partial charge in [0.1, 0.15) is 5.82 Å². The Labute approximate surface area is 122 Å². The molecule has 3 nitrogen and oxygen atoms in total. The fourth-order valence-corrected chi connectivity index (χ4v) is 4.22. The summed E-state index contributed by atoms with van der Waals surface area (Å²) < 4.78 is 2.62. The first-order valence-corrected chi connectivity index (χ1v) is 8.22. The SMILES string of the molecule is CC1(C)C(Cn2c(C3CC3)nc3c2CCNC3)C1(C)C. The third-order valence-electron chi connectivity index (χ3n) is 6.64. The molecule has 4 rings (SSSR count). The van der Waals surface area contributed by atoms with Crippen molar-refractivity contribution in [2.24, 2.45) is 16.7 Å². The van der Waals surface area contributed by atoms with E-state index in [1.165, 1.54) is 36.6 Å². The van der Waals surface area contributed by atoms with Crippen molar-refractivity contribution in [3.8, 4) is 0 Å². The predicted molar refractivity (Wildman–Crippen MR) is 80.7 cm³/mol. The fourth-order valence-electron chi connectivity index (χ4n) is 4.22. The van der Waals surface area contributed by atoms with Gasteiger partial charge in [0.25, 0.3) is 0 Å². The average Bonchev–Trinajstić information content (AvgIpc) is 3.25. The van der Waals surface area contributed by atoms with Crippen molar-refractivity contribution in [2.75, 3.05) is 6.54 Å². The Kier molecular flexibility index (Phi) is 2.50. The summed E-state index contributed by atoms with van der Waals surface area (Å²) >= 11 is 0. The number of nitrogens with zero attached hydrogens (tertiary/aromatic N) is 2. The van der Waals surface area contributed by atoms with Crippen LogP contribution in [0.3, 0.4) is 0 Å². The lowest BCUT2D eigenvalue weighted by molar-refractivity contribution is 0.457. The van der Waals surface area contributed by atoms with Crippen LogP contribution in [-0.4, -0.2) is 16.1 Å². The maximum atomic E-state index is 4.99. The molecule has 0 unspecified atom stereocenters. The molecule has 1 N–H and O–H groups in total. The first kappa shape index (κ1) is 12.9. The number of hydrogen-bond donors (Lipinski definition) is 1. The highest BCUT2D eigenvalue weighted by Gasteiger charge is 2.64. The zero-order valence-electron chi connectivity index (χ0n) is 13.3. The van der Waals surface area contributed by atoms with Crippen LogP contribution in [0.1, 0.15) is 63.7 Å². The Morgan fingerprint density at radius 1 is 1.20 bits per heavy atom. The van der Waals surface area contributed by atoms with E-state index < -0.39 is 0 Å². The number of rotatable bonds is 3. The maximum Gasteiger partial charge on any atom is 0.112 e. The lowest BCUT2D eigenvalue weighted by Gasteiger charge is -2.17. The second kappa shape index (κ2) is 3.88. The minimum atomic E-state index is 0.470. The monoisotopic (exact) mass is 273 g/mol. The molecule has 1 aromatic heterocycles. The Morgan fingerprint density at radius 2 is 1.90 bits per heavy atom. The van der Waals surface area contributed by atoms with E-state index in [4.69, 9.17) is 4.98 Å². The van der Waals surface area contributed by atoms with Crippen LogP contribution in [0.5, 0.6) is 0 Å². The van der Waals surface area contributed by atoms with Gasteiger partial charge in [-0.2, -0.15) is 0 Å². The van der Waals surface area contributed by atoms with Crippen LogP contribution in [0.25, 0.3) is 0 Å². The molecule has 110 valence electrons. The molecule has 0 amide bonds. The molecule has 2 fully saturated rings. The van der Waals surface area contributed by atoms with E-state index in [9.17, 15) is 0 Å². The van der Waals surface area contributed by atoms with Gasteiger partial charge in [0.05, 0.1) is 5.69 Å². The second-order valence-corrected chi connectivity index (χ2v) is 8.17. The summed E-state index contributed by atoms with van der Waals surface area (Å²) in [4.78, 5) is 4.99.